The molecule has 1 nitrogen and oxygen atoms in total. The van der Waals surface area contributed by atoms with Gasteiger partial charge in [-0.05, 0) is 16.6 Å². The van der Waals surface area contributed by atoms with Crippen LogP contribution in [0.15, 0.2) is 10.2 Å². The fourth-order valence-corrected chi connectivity index (χ4v) is 1.43. The smallest absolute Gasteiger partial charge is 0.0759 e. The molecule has 2 heteroatoms. The molecule has 0 fully saturated rings. The topological polar surface area (TPSA) is 9.23 Å². The molecular weight excluding hydrogens is 251 g/mol. The number of rotatable bonds is 6. The number of unbranched alkanes of at least 4 members (excludes halogenated alkanes) is 2. The molecule has 0 aromatic carbocycles. The summed E-state index contributed by atoms with van der Waals surface area (Å²) >= 11 is 2.23. The SMILES string of the molecule is CCCCCC(/C=C/I)OC. The Hall–Kier alpha value is 0.430. The number of hydrogen-bond donors (Lipinski definition) is 0. The summed E-state index contributed by atoms with van der Waals surface area (Å²) in [6, 6.07) is 0. The van der Waals surface area contributed by atoms with Crippen molar-refractivity contribution in [3.05, 3.63) is 10.2 Å². The highest BCUT2D eigenvalue weighted by Crippen LogP contribution is 2.07. The maximum absolute atomic E-state index is 5.25. The second kappa shape index (κ2) is 8.53. The molecule has 0 aromatic heterocycles. The van der Waals surface area contributed by atoms with Gasteiger partial charge in [-0.1, -0.05) is 48.8 Å². The first-order chi connectivity index (χ1) is 5.35. The fourth-order valence-electron chi connectivity index (χ4n) is 0.969. The fraction of sp³-hybridized carbons (Fsp3) is 0.778. The molecule has 0 saturated carbocycles. The van der Waals surface area contributed by atoms with Crippen LogP contribution < -0.4 is 0 Å². The maximum atomic E-state index is 5.25. The minimum absolute atomic E-state index is 0.332. The zero-order chi connectivity index (χ0) is 8.53. The van der Waals surface area contributed by atoms with E-state index in [4.69, 9.17) is 4.74 Å². The monoisotopic (exact) mass is 268 g/mol. The summed E-state index contributed by atoms with van der Waals surface area (Å²) in [5, 5.41) is 0. The summed E-state index contributed by atoms with van der Waals surface area (Å²) in [6.45, 7) is 2.22. The van der Waals surface area contributed by atoms with Crippen LogP contribution in [0.25, 0.3) is 0 Å². The highest BCUT2D eigenvalue weighted by molar-refractivity contribution is 14.1. The first-order valence-corrected chi connectivity index (χ1v) is 5.39. The van der Waals surface area contributed by atoms with Crippen LogP contribution in [0.5, 0.6) is 0 Å². The largest absolute Gasteiger partial charge is 0.377 e. The third-order valence-corrected chi connectivity index (χ3v) is 2.10. The van der Waals surface area contributed by atoms with Gasteiger partial charge in [0, 0.05) is 7.11 Å². The number of methoxy groups -OCH3 is 1. The molecule has 0 aliphatic carbocycles. The second-order valence-electron chi connectivity index (χ2n) is 2.59. The lowest BCUT2D eigenvalue weighted by molar-refractivity contribution is 0.131. The zero-order valence-corrected chi connectivity index (χ0v) is 9.50. The molecule has 0 radical (unpaired) electrons. The Morgan fingerprint density at radius 3 is 2.64 bits per heavy atom. The Kier molecular flexibility index (Phi) is 8.86. The Bertz CT molecular complexity index is 102. The zero-order valence-electron chi connectivity index (χ0n) is 7.35. The van der Waals surface area contributed by atoms with Crippen molar-refractivity contribution >= 4 is 22.6 Å². The van der Waals surface area contributed by atoms with Crippen LogP contribution in [0, 0.1) is 0 Å². The van der Waals surface area contributed by atoms with Crippen LogP contribution in [0.3, 0.4) is 0 Å². The molecule has 0 heterocycles. The van der Waals surface area contributed by atoms with Gasteiger partial charge in [0.2, 0.25) is 0 Å². The van der Waals surface area contributed by atoms with Gasteiger partial charge in [0.1, 0.15) is 0 Å². The van der Waals surface area contributed by atoms with Crippen molar-refractivity contribution in [3.63, 3.8) is 0 Å². The van der Waals surface area contributed by atoms with E-state index in [1.807, 2.05) is 4.08 Å². The van der Waals surface area contributed by atoms with Gasteiger partial charge in [0.05, 0.1) is 6.10 Å². The summed E-state index contributed by atoms with van der Waals surface area (Å²) in [5.41, 5.74) is 0. The van der Waals surface area contributed by atoms with Crippen molar-refractivity contribution in [2.45, 2.75) is 38.7 Å². The lowest BCUT2D eigenvalue weighted by Gasteiger charge is -2.08. The van der Waals surface area contributed by atoms with E-state index in [0.717, 1.165) is 6.42 Å². The third-order valence-electron chi connectivity index (χ3n) is 1.68. The molecule has 0 aliphatic rings. The Labute approximate surface area is 83.3 Å². The molecule has 11 heavy (non-hydrogen) atoms. The highest BCUT2D eigenvalue weighted by Gasteiger charge is 2.00. The van der Waals surface area contributed by atoms with Gasteiger partial charge >= 0.3 is 0 Å². The molecule has 0 aliphatic heterocycles. The van der Waals surface area contributed by atoms with Crippen LogP contribution in [-0.4, -0.2) is 13.2 Å². The number of hydrogen-bond acceptors (Lipinski definition) is 1. The Morgan fingerprint density at radius 2 is 2.18 bits per heavy atom. The molecule has 0 bridgehead atoms. The quantitative estimate of drug-likeness (QED) is 0.529. The number of halogens is 1. The molecule has 0 N–H and O–H groups in total. The van der Waals surface area contributed by atoms with Crippen LogP contribution in [0.4, 0.5) is 0 Å². The normalized spacial score (nSPS) is 14.1. The Morgan fingerprint density at radius 1 is 1.45 bits per heavy atom. The van der Waals surface area contributed by atoms with Crippen molar-refractivity contribution in [2.24, 2.45) is 0 Å². The van der Waals surface area contributed by atoms with Gasteiger partial charge < -0.3 is 4.74 Å². The standard InChI is InChI=1S/C9H17IO/c1-3-4-5-6-9(11-2)7-8-10/h7-9H,3-6H2,1-2H3/b8-7+. The highest BCUT2D eigenvalue weighted by atomic mass is 127. The molecule has 0 amide bonds. The van der Waals surface area contributed by atoms with Crippen molar-refractivity contribution < 1.29 is 4.74 Å². The van der Waals surface area contributed by atoms with E-state index in [-0.39, 0.29) is 0 Å². The van der Waals surface area contributed by atoms with Gasteiger partial charge in [-0.2, -0.15) is 0 Å². The molecular formula is C9H17IO. The second-order valence-corrected chi connectivity index (χ2v) is 3.31. The minimum Gasteiger partial charge on any atom is -0.377 e. The van der Waals surface area contributed by atoms with E-state index in [1.54, 1.807) is 7.11 Å². The summed E-state index contributed by atoms with van der Waals surface area (Å²) in [6.07, 6.45) is 7.47. The van der Waals surface area contributed by atoms with Gasteiger partial charge in [-0.3, -0.25) is 0 Å². The molecule has 1 unspecified atom stereocenters. The van der Waals surface area contributed by atoms with E-state index in [0.29, 0.717) is 6.10 Å². The average Bonchev–Trinajstić information content (AvgIpc) is 2.03. The van der Waals surface area contributed by atoms with Gasteiger partial charge in [-0.15, -0.1) is 0 Å². The first kappa shape index (κ1) is 11.4. The van der Waals surface area contributed by atoms with Crippen LogP contribution in [-0.2, 0) is 4.74 Å². The summed E-state index contributed by atoms with van der Waals surface area (Å²) in [5.74, 6) is 0. The van der Waals surface area contributed by atoms with Gasteiger partial charge in [0.15, 0.2) is 0 Å². The molecule has 0 rings (SSSR count). The van der Waals surface area contributed by atoms with E-state index < -0.39 is 0 Å². The maximum Gasteiger partial charge on any atom is 0.0759 e. The van der Waals surface area contributed by atoms with E-state index >= 15 is 0 Å². The van der Waals surface area contributed by atoms with Crippen molar-refractivity contribution in [1.29, 1.82) is 0 Å². The summed E-state index contributed by atoms with van der Waals surface area (Å²) in [4.78, 5) is 0. The molecule has 1 atom stereocenters. The van der Waals surface area contributed by atoms with Crippen LogP contribution >= 0.6 is 22.6 Å². The minimum atomic E-state index is 0.332. The lowest BCUT2D eigenvalue weighted by Crippen LogP contribution is -2.05. The Balaban J connectivity index is 3.36. The summed E-state index contributed by atoms with van der Waals surface area (Å²) in [7, 11) is 1.77. The molecule has 0 aromatic rings. The average molecular weight is 268 g/mol. The van der Waals surface area contributed by atoms with Crippen LogP contribution in [0.2, 0.25) is 0 Å². The van der Waals surface area contributed by atoms with E-state index in [9.17, 15) is 0 Å². The van der Waals surface area contributed by atoms with Gasteiger partial charge in [0.25, 0.3) is 0 Å². The molecule has 66 valence electrons. The first-order valence-electron chi connectivity index (χ1n) is 4.14. The molecule has 0 saturated heterocycles. The van der Waals surface area contributed by atoms with Crippen molar-refractivity contribution in [1.82, 2.24) is 0 Å². The van der Waals surface area contributed by atoms with Crippen LogP contribution in [0.1, 0.15) is 32.6 Å². The number of ether oxygens (including phenoxy) is 1. The van der Waals surface area contributed by atoms with E-state index in [2.05, 4.69) is 35.6 Å². The predicted octanol–water partition coefficient (Wildman–Crippen LogP) is 3.53. The van der Waals surface area contributed by atoms with E-state index in [1.165, 1.54) is 19.3 Å². The van der Waals surface area contributed by atoms with Gasteiger partial charge in [-0.25, -0.2) is 0 Å². The lowest BCUT2D eigenvalue weighted by atomic mass is 10.1. The van der Waals surface area contributed by atoms with Crippen molar-refractivity contribution in [2.75, 3.05) is 7.11 Å². The molecule has 0 spiro atoms. The third kappa shape index (κ3) is 6.81. The van der Waals surface area contributed by atoms with Crippen molar-refractivity contribution in [3.8, 4) is 0 Å². The summed E-state index contributed by atoms with van der Waals surface area (Å²) < 4.78 is 7.27. The predicted molar refractivity (Wildman–Crippen MR) is 58.1 cm³/mol.